The predicted molar refractivity (Wildman–Crippen MR) is 104 cm³/mol. The van der Waals surface area contributed by atoms with E-state index in [1.54, 1.807) is 5.57 Å². The molecule has 1 aliphatic carbocycles. The van der Waals surface area contributed by atoms with Gasteiger partial charge in [0.1, 0.15) is 0 Å². The smallest absolute Gasteiger partial charge is 0.00870 e. The minimum Gasteiger partial charge on any atom is -0.0829 e. The number of allylic oxidation sites excluding steroid dienone is 4. The lowest BCUT2D eigenvalue weighted by molar-refractivity contribution is 0.238. The number of alkyl halides is 1. The summed E-state index contributed by atoms with van der Waals surface area (Å²) in [5.74, 6) is 2.36. The Morgan fingerprint density at radius 3 is 2.42 bits per heavy atom. The summed E-state index contributed by atoms with van der Waals surface area (Å²) in [7, 11) is 0. The first kappa shape index (κ1) is 18.0. The summed E-state index contributed by atoms with van der Waals surface area (Å²) in [5, 5.41) is 0. The molecule has 0 radical (unpaired) electrons. The third-order valence-corrected chi connectivity index (χ3v) is 6.68. The van der Waals surface area contributed by atoms with E-state index in [-0.39, 0.29) is 0 Å². The second kappa shape index (κ2) is 7.28. The van der Waals surface area contributed by atoms with Gasteiger partial charge in [0.2, 0.25) is 0 Å². The highest BCUT2D eigenvalue weighted by atomic mass is 127. The monoisotopic (exact) mass is 486 g/mol. The molecule has 4 unspecified atom stereocenters. The first-order valence-electron chi connectivity index (χ1n) is 7.39. The van der Waals surface area contributed by atoms with Crippen LogP contribution in [0.5, 0.6) is 0 Å². The molecule has 1 saturated carbocycles. The van der Waals surface area contributed by atoms with Crippen LogP contribution in [0, 0.1) is 23.2 Å². The van der Waals surface area contributed by atoms with Crippen molar-refractivity contribution >= 4 is 45.2 Å². The summed E-state index contributed by atoms with van der Waals surface area (Å²) in [6.07, 6.45) is 7.38. The van der Waals surface area contributed by atoms with Crippen LogP contribution in [0.25, 0.3) is 0 Å². The topological polar surface area (TPSA) is 0 Å². The van der Waals surface area contributed by atoms with Crippen LogP contribution >= 0.6 is 45.2 Å². The molecule has 19 heavy (non-hydrogen) atoms. The van der Waals surface area contributed by atoms with E-state index in [9.17, 15) is 0 Å². The Kier molecular flexibility index (Phi) is 6.89. The standard InChI is InChI=1S/C17H28I2/c1-7-14(19)10-16-12(3)15(9-8-11(2)18)13(4)17(16,5)6/h7,10-13,15H,8-9H2,1-6H3/b14-7+,16-10+. The number of hydrogen-bond donors (Lipinski definition) is 0. The molecule has 0 aromatic carbocycles. The van der Waals surface area contributed by atoms with E-state index in [1.807, 2.05) is 0 Å². The second-order valence-corrected chi connectivity index (χ2v) is 9.97. The molecule has 0 aromatic rings. The summed E-state index contributed by atoms with van der Waals surface area (Å²) in [6, 6.07) is 0. The summed E-state index contributed by atoms with van der Waals surface area (Å²) in [6.45, 7) is 14.2. The average molecular weight is 486 g/mol. The van der Waals surface area contributed by atoms with Gasteiger partial charge in [-0.25, -0.2) is 0 Å². The molecule has 0 aromatic heterocycles. The zero-order valence-corrected chi connectivity index (χ0v) is 17.4. The van der Waals surface area contributed by atoms with Crippen molar-refractivity contribution in [1.82, 2.24) is 0 Å². The Balaban J connectivity index is 2.99. The maximum absolute atomic E-state index is 2.56. The van der Waals surface area contributed by atoms with Gasteiger partial charge < -0.3 is 0 Å². The highest BCUT2D eigenvalue weighted by molar-refractivity contribution is 14.1. The Labute approximate surface area is 147 Å². The molecule has 0 heterocycles. The zero-order chi connectivity index (χ0) is 14.8. The molecule has 2 heteroatoms. The molecule has 0 bridgehead atoms. The molecule has 0 spiro atoms. The largest absolute Gasteiger partial charge is 0.0829 e. The van der Waals surface area contributed by atoms with Gasteiger partial charge in [-0.05, 0) is 71.6 Å². The van der Waals surface area contributed by atoms with Crippen LogP contribution in [0.15, 0.2) is 21.3 Å². The van der Waals surface area contributed by atoms with E-state index in [0.29, 0.717) is 5.41 Å². The predicted octanol–water partition coefficient (Wildman–Crippen LogP) is 6.78. The Hall–Kier alpha value is 0.940. The number of rotatable bonds is 4. The first-order valence-corrected chi connectivity index (χ1v) is 9.72. The highest BCUT2D eigenvalue weighted by Gasteiger charge is 2.46. The normalized spacial score (nSPS) is 34.8. The molecule has 1 aliphatic rings. The SMILES string of the molecule is C/C=C(I)\C=C1/C(C)C(CCC(C)I)C(C)C1(C)C. The van der Waals surface area contributed by atoms with Gasteiger partial charge in [-0.3, -0.25) is 0 Å². The van der Waals surface area contributed by atoms with Crippen molar-refractivity contribution in [3.05, 3.63) is 21.3 Å². The Morgan fingerprint density at radius 2 is 1.95 bits per heavy atom. The summed E-state index contributed by atoms with van der Waals surface area (Å²) in [5.41, 5.74) is 2.01. The van der Waals surface area contributed by atoms with E-state index in [4.69, 9.17) is 0 Å². The van der Waals surface area contributed by atoms with Gasteiger partial charge in [0.05, 0.1) is 0 Å². The van der Waals surface area contributed by atoms with Crippen molar-refractivity contribution in [3.8, 4) is 0 Å². The van der Waals surface area contributed by atoms with Crippen molar-refractivity contribution < 1.29 is 0 Å². The molecule has 110 valence electrons. The van der Waals surface area contributed by atoms with Crippen LogP contribution in [-0.4, -0.2) is 3.92 Å². The van der Waals surface area contributed by atoms with Gasteiger partial charge in [0.25, 0.3) is 0 Å². The highest BCUT2D eigenvalue weighted by Crippen LogP contribution is 2.55. The van der Waals surface area contributed by atoms with Crippen molar-refractivity contribution in [2.45, 2.75) is 58.3 Å². The number of hydrogen-bond acceptors (Lipinski definition) is 0. The van der Waals surface area contributed by atoms with Gasteiger partial charge in [0, 0.05) is 7.50 Å². The zero-order valence-electron chi connectivity index (χ0n) is 13.1. The Bertz CT molecular complexity index is 363. The van der Waals surface area contributed by atoms with E-state index in [2.05, 4.69) is 98.9 Å². The van der Waals surface area contributed by atoms with E-state index >= 15 is 0 Å². The maximum Gasteiger partial charge on any atom is 0.00870 e. The van der Waals surface area contributed by atoms with Crippen molar-refractivity contribution in [3.63, 3.8) is 0 Å². The summed E-state index contributed by atoms with van der Waals surface area (Å²) in [4.78, 5) is 0. The molecule has 0 saturated heterocycles. The molecule has 0 amide bonds. The van der Waals surface area contributed by atoms with Crippen LogP contribution in [0.1, 0.15) is 54.4 Å². The van der Waals surface area contributed by atoms with Crippen molar-refractivity contribution in [1.29, 1.82) is 0 Å². The fraction of sp³-hybridized carbons (Fsp3) is 0.765. The van der Waals surface area contributed by atoms with Crippen LogP contribution in [0.3, 0.4) is 0 Å². The molecular weight excluding hydrogens is 458 g/mol. The van der Waals surface area contributed by atoms with E-state index in [1.165, 1.54) is 16.4 Å². The molecule has 4 atom stereocenters. The van der Waals surface area contributed by atoms with Crippen LogP contribution in [-0.2, 0) is 0 Å². The van der Waals surface area contributed by atoms with Crippen molar-refractivity contribution in [2.24, 2.45) is 23.2 Å². The van der Waals surface area contributed by atoms with E-state index in [0.717, 1.165) is 21.7 Å². The molecular formula is C17H28I2. The van der Waals surface area contributed by atoms with Gasteiger partial charge in [-0.15, -0.1) is 0 Å². The summed E-state index contributed by atoms with van der Waals surface area (Å²) < 4.78 is 2.17. The van der Waals surface area contributed by atoms with Crippen LogP contribution < -0.4 is 0 Å². The van der Waals surface area contributed by atoms with Crippen LogP contribution in [0.2, 0.25) is 0 Å². The summed E-state index contributed by atoms with van der Waals surface area (Å²) >= 11 is 5.01. The average Bonchev–Trinajstić information content (AvgIpc) is 2.48. The molecule has 0 aliphatic heterocycles. The molecule has 1 fully saturated rings. The minimum atomic E-state index is 0.345. The lowest BCUT2D eigenvalue weighted by Gasteiger charge is -2.28. The minimum absolute atomic E-state index is 0.345. The molecule has 0 nitrogen and oxygen atoms in total. The first-order chi connectivity index (χ1) is 8.71. The second-order valence-electron chi connectivity index (χ2n) is 6.59. The lowest BCUT2D eigenvalue weighted by atomic mass is 9.77. The lowest BCUT2D eigenvalue weighted by Crippen LogP contribution is -2.20. The van der Waals surface area contributed by atoms with Gasteiger partial charge in [0.15, 0.2) is 0 Å². The van der Waals surface area contributed by atoms with Gasteiger partial charge in [-0.2, -0.15) is 0 Å². The molecule has 1 rings (SSSR count). The van der Waals surface area contributed by atoms with E-state index < -0.39 is 0 Å². The maximum atomic E-state index is 2.56. The quantitative estimate of drug-likeness (QED) is 0.304. The van der Waals surface area contributed by atoms with Gasteiger partial charge in [-0.1, -0.05) is 68.9 Å². The fourth-order valence-corrected chi connectivity index (χ4v) is 4.22. The Morgan fingerprint density at radius 1 is 1.37 bits per heavy atom. The van der Waals surface area contributed by atoms with Crippen molar-refractivity contribution in [2.75, 3.05) is 0 Å². The fourth-order valence-electron chi connectivity index (χ4n) is 3.52. The van der Waals surface area contributed by atoms with Crippen LogP contribution in [0.4, 0.5) is 0 Å². The number of halogens is 2. The molecule has 0 N–H and O–H groups in total. The third kappa shape index (κ3) is 4.21. The third-order valence-electron chi connectivity index (χ3n) is 5.12. The van der Waals surface area contributed by atoms with Gasteiger partial charge >= 0.3 is 0 Å².